The highest BCUT2D eigenvalue weighted by atomic mass is 31.2. The van der Waals surface area contributed by atoms with Gasteiger partial charge in [-0.15, -0.1) is 0 Å². The number of hydrogen-bond acceptors (Lipinski definition) is 8. The first-order chi connectivity index (χ1) is 7.60. The van der Waals surface area contributed by atoms with Gasteiger partial charge in [0.1, 0.15) is 24.6 Å². The molecule has 0 rings (SSSR count). The summed E-state index contributed by atoms with van der Waals surface area (Å²) in [6.07, 6.45) is -8.70. The fourth-order valence-electron chi connectivity index (χ4n) is 0.882. The summed E-state index contributed by atoms with van der Waals surface area (Å²) in [4.78, 5) is 26.8. The van der Waals surface area contributed by atoms with Crippen molar-refractivity contribution in [2.75, 3.05) is 0 Å². The molecule has 11 heteroatoms. The smallest absolute Gasteiger partial charge is 0.388 e. The summed E-state index contributed by atoms with van der Waals surface area (Å²) >= 11 is 0. The van der Waals surface area contributed by atoms with Gasteiger partial charge < -0.3 is 40.7 Å². The molecule has 0 bridgehead atoms. The molecule has 102 valence electrons. The van der Waals surface area contributed by atoms with Gasteiger partial charge >= 0.3 is 7.82 Å². The Kier molecular flexibility index (Phi) is 6.34. The summed E-state index contributed by atoms with van der Waals surface area (Å²) in [7, 11) is -5.08. The summed E-state index contributed by atoms with van der Waals surface area (Å²) in [6.45, 7) is 0. The number of aliphatic hydroxyl groups is 4. The molecule has 17 heavy (non-hydrogen) atoms. The van der Waals surface area contributed by atoms with Crippen LogP contribution in [0.5, 0.6) is 0 Å². The van der Waals surface area contributed by atoms with Gasteiger partial charge in [0.25, 0.3) is 0 Å². The minimum atomic E-state index is -5.08. The van der Waals surface area contributed by atoms with Crippen LogP contribution in [0.1, 0.15) is 0 Å². The second-order valence-electron chi connectivity index (χ2n) is 3.17. The lowest BCUT2D eigenvalue weighted by Gasteiger charge is -2.27. The maximum absolute atomic E-state index is 10.3. The van der Waals surface area contributed by atoms with E-state index < -0.39 is 38.5 Å². The van der Waals surface area contributed by atoms with Crippen molar-refractivity contribution in [1.29, 1.82) is 0 Å². The molecule has 0 aromatic carbocycles. The van der Waals surface area contributed by atoms with E-state index >= 15 is 0 Å². The van der Waals surface area contributed by atoms with Crippen LogP contribution in [0.25, 0.3) is 0 Å². The van der Waals surface area contributed by atoms with Gasteiger partial charge in [0.15, 0.2) is 6.29 Å². The van der Waals surface area contributed by atoms with Crippen LogP contribution in [0.2, 0.25) is 0 Å². The fraction of sp³-hybridized carbons (Fsp3) is 0.833. The van der Waals surface area contributed by atoms with Crippen molar-refractivity contribution in [2.24, 2.45) is 5.73 Å². The third-order valence-electron chi connectivity index (χ3n) is 1.79. The molecule has 8 N–H and O–H groups in total. The van der Waals surface area contributed by atoms with Gasteiger partial charge in [0, 0.05) is 0 Å². The van der Waals surface area contributed by atoms with Crippen molar-refractivity contribution < 1.29 is 44.1 Å². The number of rotatable bonds is 7. The summed E-state index contributed by atoms with van der Waals surface area (Å²) in [5.41, 5.74) is 5.02. The highest BCUT2D eigenvalue weighted by Crippen LogP contribution is 2.37. The van der Waals surface area contributed by atoms with Crippen LogP contribution >= 0.6 is 7.82 Å². The minimum Gasteiger partial charge on any atom is -0.388 e. The number of phosphoric acid groups is 1. The van der Waals surface area contributed by atoms with Gasteiger partial charge in [0.2, 0.25) is 0 Å². The van der Waals surface area contributed by atoms with E-state index in [1.54, 1.807) is 0 Å². The molecule has 0 fully saturated rings. The first-order valence-corrected chi connectivity index (χ1v) is 5.80. The van der Waals surface area contributed by atoms with Crippen LogP contribution < -0.4 is 5.73 Å². The number of hydrogen-bond donors (Lipinski definition) is 7. The summed E-state index contributed by atoms with van der Waals surface area (Å²) in [6, 6.07) is -1.54. The average molecular weight is 275 g/mol. The van der Waals surface area contributed by atoms with Crippen molar-refractivity contribution in [2.45, 2.75) is 30.6 Å². The van der Waals surface area contributed by atoms with Crippen LogP contribution in [-0.2, 0) is 13.9 Å². The molecule has 2 unspecified atom stereocenters. The predicted octanol–water partition coefficient (Wildman–Crippen LogP) is -3.98. The van der Waals surface area contributed by atoms with Crippen molar-refractivity contribution >= 4 is 14.1 Å². The molecule has 10 nitrogen and oxygen atoms in total. The highest BCUT2D eigenvalue weighted by molar-refractivity contribution is 7.46. The molecule has 0 aliphatic rings. The lowest BCUT2D eigenvalue weighted by Crippen LogP contribution is -2.52. The number of aliphatic hydroxyl groups excluding tert-OH is 4. The molecule has 0 saturated carbocycles. The van der Waals surface area contributed by atoms with Crippen LogP contribution in [0, 0.1) is 0 Å². The normalized spacial score (nSPS) is 21.4. The quantitative estimate of drug-likeness (QED) is 0.137. The summed E-state index contributed by atoms with van der Waals surface area (Å²) in [5, 5.41) is 36.5. The van der Waals surface area contributed by atoms with E-state index in [2.05, 4.69) is 4.52 Å². The molecular formula is C6H14NO9P. The topological polar surface area (TPSA) is 191 Å². The molecule has 0 amide bonds. The SMILES string of the molecule is N[C@@H](C=O)[C@@H](O)[C@H](O)C(O)C(O)OP(=O)(O)O. The number of nitrogens with two attached hydrogens (primary N) is 1. The third kappa shape index (κ3) is 5.64. The minimum absolute atomic E-state index is 0.0802. The second kappa shape index (κ2) is 6.50. The molecule has 0 aromatic rings. The first kappa shape index (κ1) is 16.6. The molecule has 0 heterocycles. The highest BCUT2D eigenvalue weighted by Gasteiger charge is 2.36. The van der Waals surface area contributed by atoms with Crippen molar-refractivity contribution in [1.82, 2.24) is 0 Å². The van der Waals surface area contributed by atoms with E-state index in [1.807, 2.05) is 0 Å². The lowest BCUT2D eigenvalue weighted by molar-refractivity contribution is -0.173. The molecule has 0 spiro atoms. The van der Waals surface area contributed by atoms with Crippen LogP contribution in [-0.4, -0.2) is 67.1 Å². The van der Waals surface area contributed by atoms with Gasteiger partial charge in [-0.3, -0.25) is 4.52 Å². The van der Waals surface area contributed by atoms with E-state index in [1.165, 1.54) is 0 Å². The van der Waals surface area contributed by atoms with Crippen molar-refractivity contribution in [3.05, 3.63) is 0 Å². The Balaban J connectivity index is 4.53. The Morgan fingerprint density at radius 1 is 1.06 bits per heavy atom. The van der Waals surface area contributed by atoms with Crippen LogP contribution in [0.4, 0.5) is 0 Å². The van der Waals surface area contributed by atoms with Gasteiger partial charge in [0.05, 0.1) is 6.04 Å². The Hall–Kier alpha value is -0.420. The Bertz CT molecular complexity index is 293. The molecular weight excluding hydrogens is 261 g/mol. The Labute approximate surface area is 95.5 Å². The molecule has 5 atom stereocenters. The molecule has 0 aromatic heterocycles. The molecule has 0 aliphatic heterocycles. The monoisotopic (exact) mass is 275 g/mol. The number of aldehydes is 1. The standard InChI is InChI=1S/C6H14NO9P/c7-2(1-8)3(9)4(10)5(11)6(12)16-17(13,14)15/h1-6,9-12H,7H2,(H2,13,14,15)/t2-,3+,4-,5?,6?/m0/s1. The second-order valence-corrected chi connectivity index (χ2v) is 4.36. The number of carbonyl (C=O) groups is 1. The zero-order valence-electron chi connectivity index (χ0n) is 8.40. The van der Waals surface area contributed by atoms with Crippen molar-refractivity contribution in [3.63, 3.8) is 0 Å². The Morgan fingerprint density at radius 3 is 1.88 bits per heavy atom. The van der Waals surface area contributed by atoms with Crippen molar-refractivity contribution in [3.8, 4) is 0 Å². The number of phosphoric ester groups is 1. The average Bonchev–Trinajstić information content (AvgIpc) is 2.22. The van der Waals surface area contributed by atoms with E-state index in [0.29, 0.717) is 0 Å². The maximum atomic E-state index is 10.3. The van der Waals surface area contributed by atoms with E-state index in [-0.39, 0.29) is 6.29 Å². The largest absolute Gasteiger partial charge is 0.472 e. The molecule has 0 radical (unpaired) electrons. The van der Waals surface area contributed by atoms with Gasteiger partial charge in [-0.2, -0.15) is 0 Å². The van der Waals surface area contributed by atoms with E-state index in [0.717, 1.165) is 0 Å². The number of carbonyl (C=O) groups excluding carboxylic acids is 1. The van der Waals surface area contributed by atoms with Gasteiger partial charge in [-0.25, -0.2) is 4.57 Å². The zero-order valence-corrected chi connectivity index (χ0v) is 9.29. The Morgan fingerprint density at radius 2 is 1.53 bits per heavy atom. The fourth-order valence-corrected chi connectivity index (χ4v) is 1.29. The lowest BCUT2D eigenvalue weighted by atomic mass is 10.0. The van der Waals surface area contributed by atoms with E-state index in [4.69, 9.17) is 25.7 Å². The zero-order chi connectivity index (χ0) is 13.8. The third-order valence-corrected chi connectivity index (χ3v) is 2.28. The molecule has 0 saturated heterocycles. The summed E-state index contributed by atoms with van der Waals surface area (Å²) < 4.78 is 14.0. The van der Waals surface area contributed by atoms with E-state index in [9.17, 15) is 19.6 Å². The van der Waals surface area contributed by atoms with Gasteiger partial charge in [-0.1, -0.05) is 0 Å². The van der Waals surface area contributed by atoms with Crippen LogP contribution in [0.3, 0.4) is 0 Å². The van der Waals surface area contributed by atoms with Gasteiger partial charge in [-0.05, 0) is 0 Å². The first-order valence-electron chi connectivity index (χ1n) is 4.27. The predicted molar refractivity (Wildman–Crippen MR) is 51.2 cm³/mol. The summed E-state index contributed by atoms with van der Waals surface area (Å²) in [5.74, 6) is 0. The molecule has 0 aliphatic carbocycles. The van der Waals surface area contributed by atoms with Crippen LogP contribution in [0.15, 0.2) is 0 Å². The maximum Gasteiger partial charge on any atom is 0.472 e.